The molecule has 0 aromatic rings. The maximum Gasteiger partial charge on any atom is 0.510 e. The second kappa shape index (κ2) is 6.21. The Bertz CT molecular complexity index is 198. The van der Waals surface area contributed by atoms with Crippen LogP contribution in [0, 0.1) is 5.92 Å². The van der Waals surface area contributed by atoms with E-state index in [-0.39, 0.29) is 6.10 Å². The van der Waals surface area contributed by atoms with Crippen LogP contribution in [0.25, 0.3) is 0 Å². The lowest BCUT2D eigenvalue weighted by molar-refractivity contribution is 0.00190. The summed E-state index contributed by atoms with van der Waals surface area (Å²) in [6, 6.07) is 0. The highest BCUT2D eigenvalue weighted by Crippen LogP contribution is 2.28. The van der Waals surface area contributed by atoms with E-state index in [2.05, 4.69) is 6.92 Å². The molecule has 1 aliphatic carbocycles. The van der Waals surface area contributed by atoms with Gasteiger partial charge in [0.05, 0.1) is 0 Å². The summed E-state index contributed by atoms with van der Waals surface area (Å²) in [5.41, 5.74) is -0.621. The number of hydrogen-bond donors (Lipinski definition) is 0. The number of carbonyl (C=O) groups excluding carboxylic acids is 1. The third-order valence-corrected chi connectivity index (χ3v) is 2.98. The normalized spacial score (nSPS) is 28.2. The zero-order chi connectivity index (χ0) is 11.3. The molecule has 15 heavy (non-hydrogen) atoms. The van der Waals surface area contributed by atoms with Crippen molar-refractivity contribution in [3.05, 3.63) is 0 Å². The molecule has 0 N–H and O–H groups in total. The van der Waals surface area contributed by atoms with E-state index in [1.807, 2.05) is 0 Å². The standard InChI is InChI=1S/C11H19ClO3/c1-3-9-4-6-10(7-5-9)15-11(13)14-8(2)12/h8-10H,3-7H2,1-2H3. The maximum atomic E-state index is 11.1. The second-order valence-electron chi connectivity index (χ2n) is 4.08. The fourth-order valence-electron chi connectivity index (χ4n) is 1.95. The van der Waals surface area contributed by atoms with Crippen LogP contribution in [0.5, 0.6) is 0 Å². The first kappa shape index (κ1) is 12.6. The Kier molecular flexibility index (Phi) is 5.23. The summed E-state index contributed by atoms with van der Waals surface area (Å²) >= 11 is 5.51. The zero-order valence-corrected chi connectivity index (χ0v) is 10.1. The summed E-state index contributed by atoms with van der Waals surface area (Å²) in [6.45, 7) is 3.80. The van der Waals surface area contributed by atoms with Gasteiger partial charge in [-0.05, 0) is 38.5 Å². The number of alkyl halides is 1. The fraction of sp³-hybridized carbons (Fsp3) is 0.909. The third-order valence-electron chi connectivity index (χ3n) is 2.89. The van der Waals surface area contributed by atoms with Crippen molar-refractivity contribution < 1.29 is 14.3 Å². The van der Waals surface area contributed by atoms with Crippen molar-refractivity contribution in [2.75, 3.05) is 0 Å². The number of carbonyl (C=O) groups is 1. The molecule has 0 aliphatic heterocycles. The lowest BCUT2D eigenvalue weighted by Crippen LogP contribution is -2.25. The van der Waals surface area contributed by atoms with Crippen molar-refractivity contribution in [1.29, 1.82) is 0 Å². The summed E-state index contributed by atoms with van der Waals surface area (Å²) in [5, 5.41) is 0. The van der Waals surface area contributed by atoms with Crippen molar-refractivity contribution in [3.63, 3.8) is 0 Å². The summed E-state index contributed by atoms with van der Waals surface area (Å²) in [7, 11) is 0. The molecule has 1 saturated carbocycles. The highest BCUT2D eigenvalue weighted by Gasteiger charge is 2.23. The van der Waals surface area contributed by atoms with Crippen LogP contribution in [-0.2, 0) is 9.47 Å². The maximum absolute atomic E-state index is 11.1. The van der Waals surface area contributed by atoms with Gasteiger partial charge in [0, 0.05) is 0 Å². The first-order valence-corrected chi connectivity index (χ1v) is 6.06. The lowest BCUT2D eigenvalue weighted by atomic mass is 9.86. The van der Waals surface area contributed by atoms with E-state index in [9.17, 15) is 4.79 Å². The molecule has 3 nitrogen and oxygen atoms in total. The Morgan fingerprint density at radius 2 is 2.00 bits per heavy atom. The van der Waals surface area contributed by atoms with Crippen LogP contribution in [0.2, 0.25) is 0 Å². The van der Waals surface area contributed by atoms with E-state index in [1.165, 1.54) is 6.42 Å². The molecule has 0 bridgehead atoms. The Labute approximate surface area is 96.1 Å². The number of ether oxygens (including phenoxy) is 2. The monoisotopic (exact) mass is 234 g/mol. The van der Waals surface area contributed by atoms with Crippen molar-refractivity contribution in [2.24, 2.45) is 5.92 Å². The molecule has 0 radical (unpaired) electrons. The van der Waals surface area contributed by atoms with Crippen LogP contribution >= 0.6 is 11.6 Å². The van der Waals surface area contributed by atoms with Gasteiger partial charge in [0.1, 0.15) is 6.10 Å². The summed E-state index contributed by atoms with van der Waals surface area (Å²) in [6.07, 6.45) is 4.79. The van der Waals surface area contributed by atoms with Crippen LogP contribution in [0.1, 0.15) is 46.0 Å². The molecular formula is C11H19ClO3. The van der Waals surface area contributed by atoms with Gasteiger partial charge in [0.2, 0.25) is 0 Å². The largest absolute Gasteiger partial charge is 0.510 e. The molecule has 88 valence electrons. The van der Waals surface area contributed by atoms with Gasteiger partial charge in [-0.15, -0.1) is 0 Å². The van der Waals surface area contributed by atoms with E-state index in [1.54, 1.807) is 6.92 Å². The lowest BCUT2D eigenvalue weighted by Gasteiger charge is -2.27. The topological polar surface area (TPSA) is 35.5 Å². The van der Waals surface area contributed by atoms with Gasteiger partial charge in [0.25, 0.3) is 0 Å². The molecule has 1 aliphatic rings. The van der Waals surface area contributed by atoms with Crippen molar-refractivity contribution in [1.82, 2.24) is 0 Å². The van der Waals surface area contributed by atoms with Crippen LogP contribution in [0.4, 0.5) is 4.79 Å². The molecule has 0 heterocycles. The van der Waals surface area contributed by atoms with Crippen LogP contribution < -0.4 is 0 Å². The molecule has 0 aromatic carbocycles. The molecule has 4 heteroatoms. The SMILES string of the molecule is CCC1CCC(OC(=O)OC(C)Cl)CC1. The Hall–Kier alpha value is -0.440. The molecule has 1 rings (SSSR count). The molecule has 0 amide bonds. The van der Waals surface area contributed by atoms with Crippen LogP contribution in [0.3, 0.4) is 0 Å². The van der Waals surface area contributed by atoms with Gasteiger partial charge < -0.3 is 9.47 Å². The van der Waals surface area contributed by atoms with Crippen molar-refractivity contribution in [2.45, 2.75) is 57.6 Å². The number of hydrogen-bond acceptors (Lipinski definition) is 3. The van der Waals surface area contributed by atoms with Crippen LogP contribution in [0.15, 0.2) is 0 Å². The molecule has 0 saturated heterocycles. The Balaban J connectivity index is 2.20. The highest BCUT2D eigenvalue weighted by atomic mass is 35.5. The van der Waals surface area contributed by atoms with E-state index < -0.39 is 11.7 Å². The van der Waals surface area contributed by atoms with E-state index >= 15 is 0 Å². The van der Waals surface area contributed by atoms with Gasteiger partial charge in [-0.2, -0.15) is 0 Å². The summed E-state index contributed by atoms with van der Waals surface area (Å²) in [4.78, 5) is 11.1. The molecule has 1 unspecified atom stereocenters. The second-order valence-corrected chi connectivity index (χ2v) is 4.69. The highest BCUT2D eigenvalue weighted by molar-refractivity contribution is 6.19. The quantitative estimate of drug-likeness (QED) is 0.552. The van der Waals surface area contributed by atoms with E-state index in [0.717, 1.165) is 31.6 Å². The van der Waals surface area contributed by atoms with Gasteiger partial charge in [-0.1, -0.05) is 24.9 Å². The number of halogens is 1. The zero-order valence-electron chi connectivity index (χ0n) is 9.37. The third kappa shape index (κ3) is 4.74. The van der Waals surface area contributed by atoms with E-state index in [0.29, 0.717) is 0 Å². The van der Waals surface area contributed by atoms with Gasteiger partial charge in [-0.3, -0.25) is 0 Å². The average molecular weight is 235 g/mol. The number of rotatable bonds is 3. The fourth-order valence-corrected chi connectivity index (χ4v) is 2.03. The Morgan fingerprint density at radius 1 is 1.40 bits per heavy atom. The minimum absolute atomic E-state index is 0.0238. The molecule has 1 atom stereocenters. The minimum atomic E-state index is -0.641. The Morgan fingerprint density at radius 3 is 2.47 bits per heavy atom. The first-order chi connectivity index (χ1) is 7.11. The predicted molar refractivity (Wildman–Crippen MR) is 58.9 cm³/mol. The molecule has 0 spiro atoms. The van der Waals surface area contributed by atoms with Gasteiger partial charge in [-0.25, -0.2) is 4.79 Å². The smallest absolute Gasteiger partial charge is 0.431 e. The summed E-state index contributed by atoms with van der Waals surface area (Å²) in [5.74, 6) is 0.799. The van der Waals surface area contributed by atoms with Crippen molar-refractivity contribution >= 4 is 17.8 Å². The van der Waals surface area contributed by atoms with Crippen molar-refractivity contribution in [3.8, 4) is 0 Å². The van der Waals surface area contributed by atoms with Gasteiger partial charge >= 0.3 is 6.16 Å². The van der Waals surface area contributed by atoms with E-state index in [4.69, 9.17) is 21.1 Å². The van der Waals surface area contributed by atoms with Gasteiger partial charge in [0.15, 0.2) is 5.56 Å². The average Bonchev–Trinajstić information content (AvgIpc) is 2.17. The minimum Gasteiger partial charge on any atom is -0.431 e. The molecule has 0 aromatic heterocycles. The summed E-state index contributed by atoms with van der Waals surface area (Å²) < 4.78 is 9.86. The first-order valence-electron chi connectivity index (χ1n) is 5.63. The molecular weight excluding hydrogens is 216 g/mol. The molecule has 1 fully saturated rings. The van der Waals surface area contributed by atoms with Crippen LogP contribution in [-0.4, -0.2) is 17.8 Å². The predicted octanol–water partition coefficient (Wildman–Crippen LogP) is 3.69.